The molecule has 1 aliphatic rings. The van der Waals surface area contributed by atoms with Gasteiger partial charge < -0.3 is 0 Å². The third-order valence-corrected chi connectivity index (χ3v) is 2.82. The summed E-state index contributed by atoms with van der Waals surface area (Å²) in [5, 5.41) is 0. The highest BCUT2D eigenvalue weighted by Crippen LogP contribution is 2.39. The van der Waals surface area contributed by atoms with Crippen LogP contribution >= 0.6 is 15.9 Å². The molecule has 0 aliphatic heterocycles. The van der Waals surface area contributed by atoms with Crippen LogP contribution in [0.4, 0.5) is 13.2 Å². The highest BCUT2D eigenvalue weighted by Gasteiger charge is 2.48. The summed E-state index contributed by atoms with van der Waals surface area (Å²) in [5.41, 5.74) is -0.427. The first-order valence-corrected chi connectivity index (χ1v) is 4.62. The number of carbonyl (C=O) groups is 1. The van der Waals surface area contributed by atoms with Crippen molar-refractivity contribution < 1.29 is 18.0 Å². The van der Waals surface area contributed by atoms with Gasteiger partial charge >= 0.3 is 5.92 Å². The number of Topliss-reactive ketones (excluding diaryl/α,β-unsaturated/α-hetero) is 1. The fourth-order valence-electron chi connectivity index (χ4n) is 1.50. The zero-order valence-corrected chi connectivity index (χ0v) is 8.37. The molecule has 1 aliphatic carbocycles. The summed E-state index contributed by atoms with van der Waals surface area (Å²) in [4.78, 5) is 11.1. The van der Waals surface area contributed by atoms with Crippen molar-refractivity contribution in [2.75, 3.05) is 0 Å². The second kappa shape index (κ2) is 2.82. The summed E-state index contributed by atoms with van der Waals surface area (Å²) in [6.07, 6.45) is -0.841. The number of hydrogen-bond acceptors (Lipinski definition) is 1. The van der Waals surface area contributed by atoms with Gasteiger partial charge in [0.2, 0.25) is 5.78 Å². The number of fused-ring (bicyclic) bond motifs is 1. The lowest BCUT2D eigenvalue weighted by atomic mass is 10.1. The predicted molar refractivity (Wildman–Crippen MR) is 47.1 cm³/mol. The maximum absolute atomic E-state index is 13.1. The van der Waals surface area contributed by atoms with Gasteiger partial charge in [-0.25, -0.2) is 4.39 Å². The number of ketones is 1. The molecular weight excluding hydrogens is 261 g/mol. The first-order valence-electron chi connectivity index (χ1n) is 3.83. The normalized spacial score (nSPS) is 18.4. The van der Waals surface area contributed by atoms with Crippen LogP contribution in [-0.2, 0) is 6.42 Å². The third-order valence-electron chi connectivity index (χ3n) is 2.16. The molecule has 0 aromatic heterocycles. The second-order valence-electron chi connectivity index (χ2n) is 3.09. The monoisotopic (exact) mass is 264 g/mol. The van der Waals surface area contributed by atoms with Crippen LogP contribution in [0, 0.1) is 5.82 Å². The fourth-order valence-corrected chi connectivity index (χ4v) is 2.05. The zero-order chi connectivity index (χ0) is 10.5. The van der Waals surface area contributed by atoms with Gasteiger partial charge in [0.1, 0.15) is 5.82 Å². The van der Waals surface area contributed by atoms with Crippen molar-refractivity contribution in [1.82, 2.24) is 0 Å². The average molecular weight is 265 g/mol. The lowest BCUT2D eigenvalue weighted by Gasteiger charge is -2.03. The lowest BCUT2D eigenvalue weighted by Crippen LogP contribution is -2.23. The van der Waals surface area contributed by atoms with E-state index in [1.54, 1.807) is 0 Å². The Morgan fingerprint density at radius 2 is 2.00 bits per heavy atom. The molecule has 0 radical (unpaired) electrons. The number of halogens is 4. The summed E-state index contributed by atoms with van der Waals surface area (Å²) < 4.78 is 39.2. The lowest BCUT2D eigenvalue weighted by molar-refractivity contribution is 0.0165. The van der Waals surface area contributed by atoms with Gasteiger partial charge in [-0.1, -0.05) is 15.9 Å². The molecular formula is C9H4BrF3O. The van der Waals surface area contributed by atoms with Crippen molar-refractivity contribution in [2.24, 2.45) is 0 Å². The van der Waals surface area contributed by atoms with E-state index in [-0.39, 0.29) is 15.6 Å². The van der Waals surface area contributed by atoms with Gasteiger partial charge in [-0.2, -0.15) is 8.78 Å². The summed E-state index contributed by atoms with van der Waals surface area (Å²) >= 11 is 2.95. The van der Waals surface area contributed by atoms with Crippen molar-refractivity contribution in [1.29, 1.82) is 0 Å². The Kier molecular flexibility index (Phi) is 1.96. The van der Waals surface area contributed by atoms with E-state index in [1.165, 1.54) is 6.07 Å². The predicted octanol–water partition coefficient (Wildman–Crippen LogP) is 2.96. The molecule has 1 nitrogen and oxygen atoms in total. The van der Waals surface area contributed by atoms with Gasteiger partial charge in [-0.05, 0) is 12.1 Å². The molecule has 1 aromatic rings. The van der Waals surface area contributed by atoms with Crippen LogP contribution in [0.3, 0.4) is 0 Å². The Bertz CT molecular complexity index is 428. The SMILES string of the molecule is O=C1c2c(Br)ccc(F)c2CC1(F)F. The van der Waals surface area contributed by atoms with Crippen LogP contribution in [-0.4, -0.2) is 11.7 Å². The van der Waals surface area contributed by atoms with Gasteiger partial charge in [0.05, 0.1) is 0 Å². The maximum atomic E-state index is 13.1. The van der Waals surface area contributed by atoms with Crippen LogP contribution in [0.2, 0.25) is 0 Å². The van der Waals surface area contributed by atoms with Gasteiger partial charge in [-0.3, -0.25) is 4.79 Å². The van der Waals surface area contributed by atoms with Crippen LogP contribution in [0.15, 0.2) is 16.6 Å². The van der Waals surface area contributed by atoms with E-state index in [2.05, 4.69) is 15.9 Å². The molecule has 0 fully saturated rings. The van der Waals surface area contributed by atoms with Crippen molar-refractivity contribution in [3.8, 4) is 0 Å². The highest BCUT2D eigenvalue weighted by molar-refractivity contribution is 9.10. The molecule has 0 spiro atoms. The van der Waals surface area contributed by atoms with E-state index in [9.17, 15) is 18.0 Å². The number of carbonyl (C=O) groups excluding carboxylic acids is 1. The van der Waals surface area contributed by atoms with Crippen molar-refractivity contribution in [3.05, 3.63) is 33.5 Å². The minimum atomic E-state index is -3.47. The minimum Gasteiger partial charge on any atom is -0.287 e. The molecule has 74 valence electrons. The molecule has 0 bridgehead atoms. The molecule has 0 atom stereocenters. The largest absolute Gasteiger partial charge is 0.313 e. The van der Waals surface area contributed by atoms with Crippen molar-refractivity contribution in [2.45, 2.75) is 12.3 Å². The quantitative estimate of drug-likeness (QED) is 0.704. The van der Waals surface area contributed by atoms with Crippen LogP contribution in [0.25, 0.3) is 0 Å². The molecule has 14 heavy (non-hydrogen) atoms. The van der Waals surface area contributed by atoms with Crippen molar-refractivity contribution >= 4 is 21.7 Å². The van der Waals surface area contributed by atoms with E-state index in [1.807, 2.05) is 0 Å². The molecule has 0 saturated heterocycles. The standard InChI is InChI=1S/C9H4BrF3O/c10-5-1-2-6(11)4-3-9(12,13)8(14)7(4)5/h1-2H,3H2. The van der Waals surface area contributed by atoms with E-state index >= 15 is 0 Å². The Hall–Kier alpha value is -0.840. The average Bonchev–Trinajstić information content (AvgIpc) is 2.33. The smallest absolute Gasteiger partial charge is 0.287 e. The summed E-state index contributed by atoms with van der Waals surface area (Å²) in [7, 11) is 0. The fraction of sp³-hybridized carbons (Fsp3) is 0.222. The number of rotatable bonds is 0. The summed E-state index contributed by atoms with van der Waals surface area (Å²) in [6.45, 7) is 0. The van der Waals surface area contributed by atoms with Gasteiger partial charge in [0.25, 0.3) is 0 Å². The van der Waals surface area contributed by atoms with Crippen LogP contribution < -0.4 is 0 Å². The Morgan fingerprint density at radius 1 is 1.36 bits per heavy atom. The molecule has 0 unspecified atom stereocenters. The van der Waals surface area contributed by atoms with E-state index < -0.39 is 23.9 Å². The molecule has 1 aromatic carbocycles. The van der Waals surface area contributed by atoms with E-state index in [4.69, 9.17) is 0 Å². The Morgan fingerprint density at radius 3 is 2.57 bits per heavy atom. The molecule has 5 heteroatoms. The van der Waals surface area contributed by atoms with Gasteiger partial charge in [-0.15, -0.1) is 0 Å². The van der Waals surface area contributed by atoms with Gasteiger partial charge in [0, 0.05) is 22.0 Å². The second-order valence-corrected chi connectivity index (χ2v) is 3.95. The highest BCUT2D eigenvalue weighted by atomic mass is 79.9. The van der Waals surface area contributed by atoms with Gasteiger partial charge in [0.15, 0.2) is 0 Å². The topological polar surface area (TPSA) is 17.1 Å². The molecule has 0 saturated carbocycles. The first-order chi connectivity index (χ1) is 6.43. The molecule has 0 N–H and O–H groups in total. The van der Waals surface area contributed by atoms with E-state index in [0.717, 1.165) is 6.07 Å². The van der Waals surface area contributed by atoms with Crippen LogP contribution in [0.5, 0.6) is 0 Å². The Labute approximate surface area is 86.0 Å². The number of hydrogen-bond donors (Lipinski definition) is 0. The van der Waals surface area contributed by atoms with Crippen LogP contribution in [0.1, 0.15) is 15.9 Å². The first kappa shape index (κ1) is 9.71. The summed E-state index contributed by atoms with van der Waals surface area (Å²) in [5.74, 6) is -5.53. The Balaban J connectivity index is 2.70. The third kappa shape index (κ3) is 1.19. The number of alkyl halides is 2. The van der Waals surface area contributed by atoms with Crippen molar-refractivity contribution in [3.63, 3.8) is 0 Å². The zero-order valence-electron chi connectivity index (χ0n) is 6.78. The molecule has 0 heterocycles. The molecule has 2 rings (SSSR count). The summed E-state index contributed by atoms with van der Waals surface area (Å²) in [6, 6.07) is 2.32. The number of benzene rings is 1. The maximum Gasteiger partial charge on any atom is 0.313 e. The minimum absolute atomic E-state index is 0.200. The molecule has 0 amide bonds. The van der Waals surface area contributed by atoms with E-state index in [0.29, 0.717) is 0 Å².